The first-order valence-electron chi connectivity index (χ1n) is 8.26. The van der Waals surface area contributed by atoms with E-state index < -0.39 is 24.3 Å². The number of carbonyl (C=O) groups excluding carboxylic acids is 2. The van der Waals surface area contributed by atoms with Crippen LogP contribution < -0.4 is 0 Å². The van der Waals surface area contributed by atoms with Gasteiger partial charge in [0.25, 0.3) is 0 Å². The van der Waals surface area contributed by atoms with E-state index in [1.807, 2.05) is 41.5 Å². The zero-order valence-corrected chi connectivity index (χ0v) is 15.9. The van der Waals surface area contributed by atoms with Crippen molar-refractivity contribution in [3.05, 3.63) is 46.4 Å². The maximum atomic E-state index is 13.0. The smallest absolute Gasteiger partial charge is 0.465 e. The van der Waals surface area contributed by atoms with Crippen LogP contribution in [-0.4, -0.2) is 37.2 Å². The summed E-state index contributed by atoms with van der Waals surface area (Å²) in [6.45, 7) is 11.5. The van der Waals surface area contributed by atoms with Crippen LogP contribution in [0.2, 0.25) is 0 Å². The van der Waals surface area contributed by atoms with E-state index in [0.29, 0.717) is 16.6 Å². The Hall–Kier alpha value is -1.92. The fraction of sp³-hybridized carbons (Fsp3) is 0.474. The molecule has 1 aliphatic rings. The Bertz CT molecular complexity index is 696. The van der Waals surface area contributed by atoms with Gasteiger partial charge < -0.3 is 14.0 Å². The van der Waals surface area contributed by atoms with Crippen molar-refractivity contribution < 1.29 is 23.6 Å². The molecule has 0 spiro atoms. The lowest BCUT2D eigenvalue weighted by Crippen LogP contribution is -2.41. The molecule has 0 radical (unpaired) electrons. The van der Waals surface area contributed by atoms with E-state index in [-0.39, 0.29) is 5.78 Å². The van der Waals surface area contributed by atoms with E-state index in [2.05, 4.69) is 4.74 Å². The number of rotatable bonds is 4. The number of methoxy groups -OCH3 is 1. The van der Waals surface area contributed by atoms with Crippen LogP contribution in [0.1, 0.15) is 62.3 Å². The highest BCUT2D eigenvalue weighted by molar-refractivity contribution is 6.63. The van der Waals surface area contributed by atoms with Crippen LogP contribution in [0.4, 0.5) is 0 Å². The second-order valence-electron chi connectivity index (χ2n) is 7.40. The Morgan fingerprint density at radius 2 is 1.36 bits per heavy atom. The number of ether oxygens (including phenoxy) is 1. The van der Waals surface area contributed by atoms with Crippen LogP contribution in [0.3, 0.4) is 0 Å². The molecule has 2 rings (SSSR count). The van der Waals surface area contributed by atoms with Crippen molar-refractivity contribution in [3.63, 3.8) is 0 Å². The summed E-state index contributed by atoms with van der Waals surface area (Å²) >= 11 is 0. The molecule has 1 heterocycles. The first-order chi connectivity index (χ1) is 11.5. The van der Waals surface area contributed by atoms with Gasteiger partial charge in [-0.1, -0.05) is 17.7 Å². The lowest BCUT2D eigenvalue weighted by Gasteiger charge is -2.32. The molecule has 0 N–H and O–H groups in total. The highest BCUT2D eigenvalue weighted by Gasteiger charge is 2.53. The molecule has 1 fully saturated rings. The Morgan fingerprint density at radius 3 is 1.76 bits per heavy atom. The predicted molar refractivity (Wildman–Crippen MR) is 96.6 cm³/mol. The number of hydrogen-bond acceptors (Lipinski definition) is 5. The molecule has 1 saturated heterocycles. The third-order valence-electron chi connectivity index (χ3n) is 4.84. The van der Waals surface area contributed by atoms with Crippen molar-refractivity contribution in [2.75, 3.05) is 7.11 Å². The normalized spacial score (nSPS) is 18.0. The minimum atomic E-state index is -0.720. The molecule has 1 aromatic rings. The van der Waals surface area contributed by atoms with Gasteiger partial charge in [-0.2, -0.15) is 0 Å². The molecular formula is C19H25BO5. The third-order valence-corrected chi connectivity index (χ3v) is 4.84. The van der Waals surface area contributed by atoms with E-state index in [9.17, 15) is 9.59 Å². The van der Waals surface area contributed by atoms with Crippen molar-refractivity contribution in [2.24, 2.45) is 0 Å². The minimum absolute atomic E-state index is 0.171. The van der Waals surface area contributed by atoms with Crippen LogP contribution in [0.25, 0.3) is 0 Å². The summed E-state index contributed by atoms with van der Waals surface area (Å²) in [6.07, 6.45) is 0. The second-order valence-corrected chi connectivity index (χ2v) is 7.40. The number of Topliss-reactive ketones (excluding diaryl/α,β-unsaturated/α-hetero) is 1. The molecule has 25 heavy (non-hydrogen) atoms. The predicted octanol–water partition coefficient (Wildman–Crippen LogP) is 3.62. The van der Waals surface area contributed by atoms with E-state index in [4.69, 9.17) is 9.31 Å². The van der Waals surface area contributed by atoms with Crippen molar-refractivity contribution in [3.8, 4) is 0 Å². The molecule has 134 valence electrons. The van der Waals surface area contributed by atoms with Gasteiger partial charge in [0.05, 0.1) is 23.9 Å². The van der Waals surface area contributed by atoms with Gasteiger partial charge in [0.2, 0.25) is 0 Å². The maximum absolute atomic E-state index is 13.0. The lowest BCUT2D eigenvalue weighted by atomic mass is 9.71. The maximum Gasteiger partial charge on any atom is 0.498 e. The third kappa shape index (κ3) is 3.70. The van der Waals surface area contributed by atoms with E-state index >= 15 is 0 Å². The van der Waals surface area contributed by atoms with E-state index in [1.165, 1.54) is 7.11 Å². The first kappa shape index (κ1) is 19.4. The Kier molecular flexibility index (Phi) is 5.26. The first-order valence-corrected chi connectivity index (χ1v) is 8.26. The molecular weight excluding hydrogens is 319 g/mol. The molecule has 1 aliphatic heterocycles. The molecule has 0 unspecified atom stereocenters. The van der Waals surface area contributed by atoms with Gasteiger partial charge in [0.15, 0.2) is 5.78 Å². The number of allylic oxidation sites excluding steroid dienone is 2. The Labute approximate surface area is 149 Å². The van der Waals surface area contributed by atoms with Crippen molar-refractivity contribution in [1.29, 1.82) is 0 Å². The number of hydrogen-bond donors (Lipinski definition) is 0. The van der Waals surface area contributed by atoms with Crippen LogP contribution in [0, 0.1) is 0 Å². The largest absolute Gasteiger partial charge is 0.498 e. The van der Waals surface area contributed by atoms with Crippen molar-refractivity contribution in [1.82, 2.24) is 0 Å². The Balaban J connectivity index is 2.32. The summed E-state index contributed by atoms with van der Waals surface area (Å²) in [4.78, 5) is 24.5. The molecule has 0 atom stereocenters. The fourth-order valence-corrected chi connectivity index (χ4v) is 2.56. The number of esters is 1. The quantitative estimate of drug-likeness (QED) is 0.361. The Morgan fingerprint density at radius 1 is 0.920 bits per heavy atom. The van der Waals surface area contributed by atoms with E-state index in [0.717, 1.165) is 5.57 Å². The van der Waals surface area contributed by atoms with Crippen LogP contribution in [0.15, 0.2) is 35.3 Å². The van der Waals surface area contributed by atoms with Gasteiger partial charge >= 0.3 is 13.1 Å². The molecule has 0 amide bonds. The van der Waals surface area contributed by atoms with Crippen LogP contribution in [0.5, 0.6) is 0 Å². The molecule has 5 nitrogen and oxygen atoms in total. The molecule has 1 aromatic carbocycles. The highest BCUT2D eigenvalue weighted by Crippen LogP contribution is 2.39. The van der Waals surface area contributed by atoms with Crippen LogP contribution >= 0.6 is 0 Å². The van der Waals surface area contributed by atoms with Crippen LogP contribution in [-0.2, 0) is 14.0 Å². The van der Waals surface area contributed by atoms with Gasteiger partial charge in [-0.25, -0.2) is 4.79 Å². The van der Waals surface area contributed by atoms with Crippen molar-refractivity contribution in [2.45, 2.75) is 52.7 Å². The molecule has 6 heteroatoms. The van der Waals surface area contributed by atoms with Crippen molar-refractivity contribution >= 4 is 18.9 Å². The zero-order valence-electron chi connectivity index (χ0n) is 15.9. The van der Waals surface area contributed by atoms with Gasteiger partial charge in [-0.3, -0.25) is 4.79 Å². The lowest BCUT2D eigenvalue weighted by molar-refractivity contribution is 0.00578. The van der Waals surface area contributed by atoms with Gasteiger partial charge in [0, 0.05) is 11.0 Å². The summed E-state index contributed by atoms with van der Waals surface area (Å²) in [5.74, 6) is -0.609. The molecule has 0 aromatic heterocycles. The number of ketones is 1. The minimum Gasteiger partial charge on any atom is -0.465 e. The average Bonchev–Trinajstić information content (AvgIpc) is 2.73. The van der Waals surface area contributed by atoms with Gasteiger partial charge in [0.1, 0.15) is 0 Å². The summed E-state index contributed by atoms with van der Waals surface area (Å²) in [7, 11) is 0.601. The monoisotopic (exact) mass is 344 g/mol. The molecule has 0 saturated carbocycles. The van der Waals surface area contributed by atoms with E-state index in [1.54, 1.807) is 24.3 Å². The number of benzene rings is 1. The zero-order chi connectivity index (χ0) is 19.0. The second kappa shape index (κ2) is 6.77. The summed E-state index contributed by atoms with van der Waals surface area (Å²) in [6, 6.07) is 6.38. The summed E-state index contributed by atoms with van der Waals surface area (Å²) in [5, 5.41) is 0. The fourth-order valence-electron chi connectivity index (χ4n) is 2.56. The van der Waals surface area contributed by atoms with Gasteiger partial charge in [-0.15, -0.1) is 0 Å². The average molecular weight is 344 g/mol. The van der Waals surface area contributed by atoms with Gasteiger partial charge in [-0.05, 0) is 53.7 Å². The standard InChI is InChI=1S/C19H25BO5/c1-12(2)15(20-24-18(3,4)19(5,6)25-20)16(21)13-8-10-14(11-9-13)17(22)23-7/h8-11H,1-7H3. The molecule has 0 aliphatic carbocycles. The highest BCUT2D eigenvalue weighted by atomic mass is 16.7. The SMILES string of the molecule is COC(=O)c1ccc(C(=O)C(B2OC(C)(C)C(C)(C)O2)=C(C)C)cc1. The number of carbonyl (C=O) groups is 2. The topological polar surface area (TPSA) is 61.8 Å². The summed E-state index contributed by atoms with van der Waals surface area (Å²) < 4.78 is 16.7. The molecule has 0 bridgehead atoms. The summed E-state index contributed by atoms with van der Waals surface area (Å²) in [5.41, 5.74) is 1.15.